The van der Waals surface area contributed by atoms with Crippen LogP contribution >= 0.6 is 7.72 Å². The van der Waals surface area contributed by atoms with Crippen LogP contribution < -0.4 is 5.32 Å². The Labute approximate surface area is 186 Å². The smallest absolute Gasteiger partial charge is 0.317 e. The Bertz CT molecular complexity index is 887. The molecule has 11 heteroatoms. The number of nitrogens with one attached hydrogen (secondary N) is 1. The Morgan fingerprint density at radius 1 is 1.12 bits per heavy atom. The fourth-order valence-electron chi connectivity index (χ4n) is 3.60. The van der Waals surface area contributed by atoms with Crippen molar-refractivity contribution in [2.45, 2.75) is 38.6 Å². The van der Waals surface area contributed by atoms with Crippen molar-refractivity contribution in [3.63, 3.8) is 0 Å². The summed E-state index contributed by atoms with van der Waals surface area (Å²) in [6, 6.07) is 7.65. The van der Waals surface area contributed by atoms with Gasteiger partial charge in [-0.3, -0.25) is 24.1 Å². The second kappa shape index (κ2) is 11.2. The highest BCUT2D eigenvalue weighted by Gasteiger charge is 2.50. The highest BCUT2D eigenvalue weighted by atomic mass is 31.2. The number of carbonyl (C=O) groups excluding carboxylic acids is 2. The zero-order valence-electron chi connectivity index (χ0n) is 17.7. The van der Waals surface area contributed by atoms with E-state index >= 15 is 0 Å². The molecule has 32 heavy (non-hydrogen) atoms. The molecule has 10 nitrogen and oxygen atoms in total. The van der Waals surface area contributed by atoms with Gasteiger partial charge in [-0.25, -0.2) is 9.79 Å². The molecular weight excluding hydrogens is 439 g/mol. The molecule has 2 unspecified atom stereocenters. The predicted octanol–water partition coefficient (Wildman–Crippen LogP) is 1.21. The molecule has 0 bridgehead atoms. The van der Waals surface area contributed by atoms with Crippen LogP contribution in [0.25, 0.3) is 0 Å². The van der Waals surface area contributed by atoms with Crippen molar-refractivity contribution in [3.05, 3.63) is 47.4 Å². The minimum absolute atomic E-state index is 0.0625. The number of benzene rings is 1. The molecule has 2 amide bonds. The molecule has 0 aliphatic carbocycles. The van der Waals surface area contributed by atoms with Crippen LogP contribution in [0.4, 0.5) is 0 Å². The summed E-state index contributed by atoms with van der Waals surface area (Å²) >= 11 is 0. The summed E-state index contributed by atoms with van der Waals surface area (Å²) in [4.78, 5) is 70.1. The van der Waals surface area contributed by atoms with E-state index in [1.807, 2.05) is 0 Å². The molecule has 2 rings (SSSR count). The average Bonchev–Trinajstić information content (AvgIpc) is 3.21. The molecule has 0 saturated heterocycles. The van der Waals surface area contributed by atoms with Crippen molar-refractivity contribution in [3.8, 4) is 0 Å². The quantitative estimate of drug-likeness (QED) is 0.303. The fourth-order valence-corrected chi connectivity index (χ4v) is 5.69. The molecule has 0 aromatic heterocycles. The second-order valence-corrected chi connectivity index (χ2v) is 9.95. The van der Waals surface area contributed by atoms with Gasteiger partial charge >= 0.3 is 19.7 Å². The van der Waals surface area contributed by atoms with Crippen LogP contribution in [-0.4, -0.2) is 67.4 Å². The number of aliphatic carboxylic acids is 2. The first kappa shape index (κ1) is 25.5. The van der Waals surface area contributed by atoms with Gasteiger partial charge in [0.25, 0.3) is 5.91 Å². The maximum absolute atomic E-state index is 13.0. The fraction of sp³-hybridized carbons (Fsp3) is 0.429. The van der Waals surface area contributed by atoms with Crippen LogP contribution in [0.1, 0.15) is 31.7 Å². The van der Waals surface area contributed by atoms with Gasteiger partial charge in [-0.05, 0) is 30.9 Å². The first-order valence-electron chi connectivity index (χ1n) is 10.1. The van der Waals surface area contributed by atoms with Crippen molar-refractivity contribution >= 4 is 31.5 Å². The summed E-state index contributed by atoms with van der Waals surface area (Å²) in [6.45, 7) is 1.31. The van der Waals surface area contributed by atoms with Gasteiger partial charge in [-0.1, -0.05) is 30.3 Å². The number of hydrogen-bond acceptors (Lipinski definition) is 6. The van der Waals surface area contributed by atoms with Crippen LogP contribution in [0.2, 0.25) is 0 Å². The monoisotopic (exact) mass is 467 g/mol. The van der Waals surface area contributed by atoms with Crippen LogP contribution in [-0.2, 0) is 25.6 Å². The molecule has 1 aliphatic rings. The van der Waals surface area contributed by atoms with Gasteiger partial charge in [0.2, 0.25) is 11.3 Å². The predicted molar refractivity (Wildman–Crippen MR) is 116 cm³/mol. The van der Waals surface area contributed by atoms with Crippen molar-refractivity contribution in [1.82, 2.24) is 10.2 Å². The third-order valence-electron chi connectivity index (χ3n) is 5.06. The lowest BCUT2D eigenvalue weighted by atomic mass is 10.0. The first-order valence-corrected chi connectivity index (χ1v) is 12.0. The molecule has 0 spiro atoms. The number of carboxylic acid groups (broad SMARTS) is 2. The van der Waals surface area contributed by atoms with Crippen molar-refractivity contribution in [2.75, 3.05) is 12.7 Å². The highest BCUT2D eigenvalue weighted by molar-refractivity contribution is 7.68. The molecule has 0 radical (unpaired) electrons. The van der Waals surface area contributed by atoms with Gasteiger partial charge in [0.1, 0.15) is 12.2 Å². The summed E-state index contributed by atoms with van der Waals surface area (Å²) in [5.74, 6) is -4.59. The van der Waals surface area contributed by atoms with Crippen molar-refractivity contribution in [2.24, 2.45) is 5.92 Å². The molecule has 2 atom stereocenters. The minimum atomic E-state index is -4.00. The van der Waals surface area contributed by atoms with Gasteiger partial charge in [0.15, 0.2) is 0 Å². The van der Waals surface area contributed by atoms with E-state index in [-0.39, 0.29) is 31.2 Å². The van der Waals surface area contributed by atoms with Gasteiger partial charge in [0.05, 0.1) is 5.92 Å². The largest absolute Gasteiger partial charge is 0.481 e. The number of nitrogens with zero attached hydrogens (tertiary/aromatic N) is 1. The molecule has 174 valence electrons. The summed E-state index contributed by atoms with van der Waals surface area (Å²) in [5.41, 5.74) is 0.667. The molecule has 0 fully saturated rings. The number of rotatable bonds is 11. The molecule has 1 heterocycles. The SMILES string of the molecule is CC(=O)NC(CCC(=O)O)C(=O)N1CCC=C1[P+](O)(O)CC(Cc1ccccc1)C(=O)O. The topological polar surface area (TPSA) is 164 Å². The summed E-state index contributed by atoms with van der Waals surface area (Å²) < 4.78 is 0. The number of carboxylic acids is 2. The molecule has 0 saturated carbocycles. The van der Waals surface area contributed by atoms with E-state index in [1.54, 1.807) is 30.3 Å². The summed E-state index contributed by atoms with van der Waals surface area (Å²) in [7, 11) is -4.00. The third kappa shape index (κ3) is 7.12. The Morgan fingerprint density at radius 2 is 1.78 bits per heavy atom. The van der Waals surface area contributed by atoms with Crippen molar-refractivity contribution in [1.29, 1.82) is 0 Å². The van der Waals surface area contributed by atoms with Gasteiger partial charge in [-0.2, -0.15) is 0 Å². The molecular formula is C21H28N2O8P+. The standard InChI is InChI=1S/C21H27N2O8P/c1-14(24)22-17(9-10-19(25)26)20(27)23-11-5-8-18(23)32(30,31)13-16(21(28)29)12-15-6-3-2-4-7-15/h2-4,6-8,16-17,30-31H,5,9-13H2,1H3,(H2-,22,24,25,26,28,29)/p+1. The highest BCUT2D eigenvalue weighted by Crippen LogP contribution is 2.61. The van der Waals surface area contributed by atoms with Gasteiger partial charge < -0.3 is 15.5 Å². The first-order chi connectivity index (χ1) is 15.0. The van der Waals surface area contributed by atoms with E-state index in [2.05, 4.69) is 5.32 Å². The normalized spacial score (nSPS) is 15.6. The van der Waals surface area contributed by atoms with Crippen LogP contribution in [0.5, 0.6) is 0 Å². The van der Waals surface area contributed by atoms with Crippen LogP contribution in [0.3, 0.4) is 0 Å². The Balaban J connectivity index is 2.19. The lowest BCUT2D eigenvalue weighted by Gasteiger charge is -2.27. The molecule has 5 N–H and O–H groups in total. The Morgan fingerprint density at radius 3 is 2.34 bits per heavy atom. The maximum Gasteiger partial charge on any atom is 0.317 e. The third-order valence-corrected chi connectivity index (χ3v) is 7.17. The molecule has 1 aromatic carbocycles. The van der Waals surface area contributed by atoms with Gasteiger partial charge in [0, 0.05) is 19.9 Å². The Hall–Kier alpha value is -2.81. The number of carbonyl (C=O) groups is 4. The maximum atomic E-state index is 13.0. The van der Waals surface area contributed by atoms with E-state index in [0.717, 1.165) is 10.5 Å². The second-order valence-electron chi connectivity index (χ2n) is 7.66. The van der Waals surface area contributed by atoms with E-state index in [1.165, 1.54) is 13.0 Å². The zero-order chi connectivity index (χ0) is 23.9. The van der Waals surface area contributed by atoms with Crippen LogP contribution in [0, 0.1) is 5.92 Å². The average molecular weight is 467 g/mol. The van der Waals surface area contributed by atoms with E-state index in [0.29, 0.717) is 6.42 Å². The minimum Gasteiger partial charge on any atom is -0.481 e. The molecule has 1 aliphatic heterocycles. The summed E-state index contributed by atoms with van der Waals surface area (Å²) in [5, 5.41) is 20.9. The number of hydrogen-bond donors (Lipinski definition) is 5. The van der Waals surface area contributed by atoms with Crippen LogP contribution in [0.15, 0.2) is 41.8 Å². The van der Waals surface area contributed by atoms with Gasteiger partial charge in [-0.15, -0.1) is 0 Å². The lowest BCUT2D eigenvalue weighted by molar-refractivity contribution is -0.141. The Kier molecular flexibility index (Phi) is 8.89. The summed E-state index contributed by atoms with van der Waals surface area (Å²) in [6.07, 6.45) is 0.924. The molecule has 1 aromatic rings. The zero-order valence-corrected chi connectivity index (χ0v) is 18.6. The van der Waals surface area contributed by atoms with E-state index < -0.39 is 49.6 Å². The lowest BCUT2D eigenvalue weighted by Crippen LogP contribution is -2.47. The van der Waals surface area contributed by atoms with E-state index in [4.69, 9.17) is 5.11 Å². The van der Waals surface area contributed by atoms with Crippen molar-refractivity contribution < 1.29 is 39.2 Å². The number of amides is 2. The van der Waals surface area contributed by atoms with E-state index in [9.17, 15) is 34.1 Å².